The first-order valence-electron chi connectivity index (χ1n) is 10.6. The Morgan fingerprint density at radius 1 is 1.00 bits per heavy atom. The maximum atomic E-state index is 12.7. The highest BCUT2D eigenvalue weighted by atomic mass is 32.2. The zero-order valence-corrected chi connectivity index (χ0v) is 17.8. The quantitative estimate of drug-likeness (QED) is 0.766. The Bertz CT molecular complexity index is 1010. The van der Waals surface area contributed by atoms with Crippen molar-refractivity contribution in [3.05, 3.63) is 65.2 Å². The molecule has 1 aliphatic heterocycles. The number of hydrogen-bond acceptors (Lipinski definition) is 4. The third-order valence-electron chi connectivity index (χ3n) is 6.14. The van der Waals surface area contributed by atoms with Crippen molar-refractivity contribution in [1.29, 1.82) is 0 Å². The fraction of sp³-hybridized carbons (Fsp3) is 0.435. The first-order chi connectivity index (χ1) is 14.4. The minimum Gasteiger partial charge on any atom is -0.388 e. The summed E-state index contributed by atoms with van der Waals surface area (Å²) in [5.74, 6) is -0.316. The van der Waals surface area contributed by atoms with Gasteiger partial charge in [-0.3, -0.25) is 4.79 Å². The van der Waals surface area contributed by atoms with Gasteiger partial charge in [-0.2, -0.15) is 4.31 Å². The summed E-state index contributed by atoms with van der Waals surface area (Å²) < 4.78 is 27.0. The number of piperidine rings is 1. The van der Waals surface area contributed by atoms with Crippen molar-refractivity contribution in [2.45, 2.75) is 49.0 Å². The van der Waals surface area contributed by atoms with Crippen molar-refractivity contribution in [3.8, 4) is 0 Å². The minimum absolute atomic E-state index is 0.161. The molecule has 2 N–H and O–H groups in total. The lowest BCUT2D eigenvalue weighted by atomic mass is 9.80. The third kappa shape index (κ3) is 4.43. The summed E-state index contributed by atoms with van der Waals surface area (Å²) in [5.41, 5.74) is 1.78. The molecule has 1 saturated heterocycles. The Labute approximate surface area is 178 Å². The Morgan fingerprint density at radius 3 is 2.37 bits per heavy atom. The predicted molar refractivity (Wildman–Crippen MR) is 115 cm³/mol. The normalized spacial score (nSPS) is 22.3. The van der Waals surface area contributed by atoms with Gasteiger partial charge < -0.3 is 10.4 Å². The van der Waals surface area contributed by atoms with Gasteiger partial charge in [0.15, 0.2) is 0 Å². The number of nitrogens with one attached hydrogen (secondary N) is 1. The second-order valence-corrected chi connectivity index (χ2v) is 10.3. The summed E-state index contributed by atoms with van der Waals surface area (Å²) in [5, 5.41) is 13.7. The van der Waals surface area contributed by atoms with Crippen LogP contribution >= 0.6 is 0 Å². The van der Waals surface area contributed by atoms with Crippen molar-refractivity contribution in [2.24, 2.45) is 0 Å². The summed E-state index contributed by atoms with van der Waals surface area (Å²) in [7, 11) is -3.51. The lowest BCUT2D eigenvalue weighted by Crippen LogP contribution is -2.46. The summed E-state index contributed by atoms with van der Waals surface area (Å²) in [6, 6.07) is 14.1. The number of nitrogens with zero attached hydrogens (tertiary/aromatic N) is 1. The highest BCUT2D eigenvalue weighted by Gasteiger charge is 2.32. The number of amides is 1. The van der Waals surface area contributed by atoms with Crippen LogP contribution in [0.1, 0.15) is 47.2 Å². The molecule has 1 amide bonds. The lowest BCUT2D eigenvalue weighted by Gasteiger charge is -2.33. The first-order valence-corrected chi connectivity index (χ1v) is 12.0. The molecule has 1 heterocycles. The number of aryl methyl sites for hydroxylation is 1. The molecule has 2 aromatic rings. The van der Waals surface area contributed by atoms with E-state index in [-0.39, 0.29) is 17.3 Å². The molecule has 4 rings (SSSR count). The van der Waals surface area contributed by atoms with Crippen LogP contribution in [0.15, 0.2) is 53.4 Å². The number of benzene rings is 2. The van der Waals surface area contributed by atoms with Crippen LogP contribution in [0.2, 0.25) is 0 Å². The molecule has 1 atom stereocenters. The van der Waals surface area contributed by atoms with Gasteiger partial charge in [0.1, 0.15) is 0 Å². The van der Waals surface area contributed by atoms with E-state index in [9.17, 15) is 18.3 Å². The maximum absolute atomic E-state index is 12.7. The molecular formula is C23H28N2O4S. The standard InChI is InChI=1S/C23H28N2O4S/c26-22(24-17-23(27)13-12-18-6-2-3-7-20(18)16-23)19-8-10-21(11-9-19)30(28,29)25-14-4-1-5-15-25/h2-3,6-11,27H,1,4-5,12-17H2,(H,24,26). The largest absolute Gasteiger partial charge is 0.388 e. The second-order valence-electron chi connectivity index (χ2n) is 8.34. The van der Waals surface area contributed by atoms with Crippen molar-refractivity contribution in [2.75, 3.05) is 19.6 Å². The number of carbonyl (C=O) groups excluding carboxylic acids is 1. The zero-order chi connectivity index (χ0) is 21.2. The number of aliphatic hydroxyl groups is 1. The zero-order valence-electron chi connectivity index (χ0n) is 17.0. The number of carbonyl (C=O) groups is 1. The van der Waals surface area contributed by atoms with Crippen molar-refractivity contribution >= 4 is 15.9 Å². The van der Waals surface area contributed by atoms with Gasteiger partial charge in [0, 0.05) is 31.6 Å². The lowest BCUT2D eigenvalue weighted by molar-refractivity contribution is 0.0260. The molecule has 0 saturated carbocycles. The maximum Gasteiger partial charge on any atom is 0.251 e. The van der Waals surface area contributed by atoms with Crippen molar-refractivity contribution < 1.29 is 18.3 Å². The van der Waals surface area contributed by atoms with Crippen LogP contribution in [0.3, 0.4) is 0 Å². The highest BCUT2D eigenvalue weighted by molar-refractivity contribution is 7.89. The van der Waals surface area contributed by atoms with Crippen LogP contribution in [0.5, 0.6) is 0 Å². The molecule has 2 aliphatic rings. The molecule has 1 unspecified atom stereocenters. The van der Waals surface area contributed by atoms with E-state index in [2.05, 4.69) is 11.4 Å². The molecule has 6 nitrogen and oxygen atoms in total. The van der Waals surface area contributed by atoms with E-state index in [1.165, 1.54) is 34.1 Å². The van der Waals surface area contributed by atoms with Crippen LogP contribution in [-0.2, 0) is 22.9 Å². The van der Waals surface area contributed by atoms with Crippen LogP contribution in [0, 0.1) is 0 Å². The van der Waals surface area contributed by atoms with Gasteiger partial charge in [-0.1, -0.05) is 30.7 Å². The van der Waals surface area contributed by atoms with Gasteiger partial charge in [-0.25, -0.2) is 8.42 Å². The minimum atomic E-state index is -3.51. The topological polar surface area (TPSA) is 86.7 Å². The Balaban J connectivity index is 1.38. The van der Waals surface area contributed by atoms with Crippen LogP contribution < -0.4 is 5.32 Å². The van der Waals surface area contributed by atoms with Gasteiger partial charge >= 0.3 is 0 Å². The molecular weight excluding hydrogens is 400 g/mol. The highest BCUT2D eigenvalue weighted by Crippen LogP contribution is 2.28. The van der Waals surface area contributed by atoms with E-state index in [0.717, 1.165) is 31.2 Å². The Hall–Kier alpha value is -2.22. The number of rotatable bonds is 5. The summed E-state index contributed by atoms with van der Waals surface area (Å²) in [4.78, 5) is 12.8. The van der Waals surface area contributed by atoms with Gasteiger partial charge in [0.05, 0.1) is 10.5 Å². The van der Waals surface area contributed by atoms with Crippen molar-refractivity contribution in [1.82, 2.24) is 9.62 Å². The molecule has 160 valence electrons. The molecule has 1 fully saturated rings. The van der Waals surface area contributed by atoms with Gasteiger partial charge in [-0.05, 0) is 61.1 Å². The number of sulfonamides is 1. The average molecular weight is 429 g/mol. The molecule has 0 aromatic heterocycles. The summed E-state index contributed by atoms with van der Waals surface area (Å²) in [6.07, 6.45) is 4.71. The monoisotopic (exact) mass is 428 g/mol. The molecule has 30 heavy (non-hydrogen) atoms. The third-order valence-corrected chi connectivity index (χ3v) is 8.06. The fourth-order valence-electron chi connectivity index (χ4n) is 4.31. The number of fused-ring (bicyclic) bond motifs is 1. The van der Waals surface area contributed by atoms with E-state index in [4.69, 9.17) is 0 Å². The summed E-state index contributed by atoms with van der Waals surface area (Å²) in [6.45, 7) is 1.26. The van der Waals surface area contributed by atoms with Gasteiger partial charge in [-0.15, -0.1) is 0 Å². The van der Waals surface area contributed by atoms with E-state index in [1.807, 2.05) is 18.2 Å². The smallest absolute Gasteiger partial charge is 0.251 e. The van der Waals surface area contributed by atoms with Gasteiger partial charge in [0.2, 0.25) is 10.0 Å². The van der Waals surface area contributed by atoms with Crippen LogP contribution in [0.25, 0.3) is 0 Å². The van der Waals surface area contributed by atoms with E-state index >= 15 is 0 Å². The van der Waals surface area contributed by atoms with E-state index in [0.29, 0.717) is 31.5 Å². The Morgan fingerprint density at radius 2 is 1.67 bits per heavy atom. The summed E-state index contributed by atoms with van der Waals surface area (Å²) >= 11 is 0. The molecule has 7 heteroatoms. The average Bonchev–Trinajstić information content (AvgIpc) is 2.78. The van der Waals surface area contributed by atoms with Crippen LogP contribution in [-0.4, -0.2) is 49.0 Å². The first kappa shape index (κ1) is 21.0. The fourth-order valence-corrected chi connectivity index (χ4v) is 5.83. The van der Waals surface area contributed by atoms with E-state index in [1.54, 1.807) is 0 Å². The number of hydrogen-bond donors (Lipinski definition) is 2. The van der Waals surface area contributed by atoms with Crippen molar-refractivity contribution in [3.63, 3.8) is 0 Å². The molecule has 2 aromatic carbocycles. The second kappa shape index (κ2) is 8.49. The van der Waals surface area contributed by atoms with Gasteiger partial charge in [0.25, 0.3) is 5.91 Å². The predicted octanol–water partition coefficient (Wildman–Crippen LogP) is 2.51. The molecule has 0 bridgehead atoms. The SMILES string of the molecule is O=C(NCC1(O)CCc2ccccc2C1)c1ccc(S(=O)(=O)N2CCCCC2)cc1. The molecule has 0 spiro atoms. The van der Waals surface area contributed by atoms with E-state index < -0.39 is 15.6 Å². The Kier molecular flexibility index (Phi) is 5.95. The molecule has 1 aliphatic carbocycles. The molecule has 0 radical (unpaired) electrons. The van der Waals surface area contributed by atoms with Crippen LogP contribution in [0.4, 0.5) is 0 Å².